The van der Waals surface area contributed by atoms with E-state index in [-0.39, 0.29) is 24.4 Å². The molecule has 23 heavy (non-hydrogen) atoms. The van der Waals surface area contributed by atoms with Crippen molar-refractivity contribution in [3.63, 3.8) is 0 Å². The number of amides is 1. The summed E-state index contributed by atoms with van der Waals surface area (Å²) in [5, 5.41) is 5.70. The lowest BCUT2D eigenvalue weighted by Crippen LogP contribution is -2.20. The normalized spacial score (nSPS) is 20.5. The molecule has 1 aromatic carbocycles. The Morgan fingerprint density at radius 1 is 1.35 bits per heavy atom. The zero-order chi connectivity index (χ0) is 16.1. The van der Waals surface area contributed by atoms with Crippen molar-refractivity contribution in [2.45, 2.75) is 31.8 Å². The number of nitrogens with one attached hydrogen (secondary N) is 2. The second-order valence-corrected chi connectivity index (χ2v) is 6.22. The number of carbonyl (C=O) groups excluding carboxylic acids is 1. The number of ether oxygens (including phenoxy) is 2. The molecule has 0 unspecified atom stereocenters. The second-order valence-electron chi connectivity index (χ2n) is 6.22. The Bertz CT molecular complexity index is 543. The van der Waals surface area contributed by atoms with Crippen molar-refractivity contribution in [3.8, 4) is 0 Å². The molecule has 2 aliphatic rings. The Hall–Kier alpha value is -1.66. The molecule has 126 valence electrons. The number of benzene rings is 1. The van der Waals surface area contributed by atoms with E-state index >= 15 is 0 Å². The number of hydrogen-bond acceptors (Lipinski definition) is 4. The maximum Gasteiger partial charge on any atom is 0.250 e. The van der Waals surface area contributed by atoms with Crippen LogP contribution >= 0.6 is 0 Å². The van der Waals surface area contributed by atoms with Crippen molar-refractivity contribution in [2.75, 3.05) is 37.0 Å². The van der Waals surface area contributed by atoms with E-state index in [1.165, 1.54) is 18.9 Å². The van der Waals surface area contributed by atoms with Crippen LogP contribution in [-0.2, 0) is 14.3 Å². The zero-order valence-corrected chi connectivity index (χ0v) is 13.1. The summed E-state index contributed by atoms with van der Waals surface area (Å²) >= 11 is 0. The van der Waals surface area contributed by atoms with Crippen molar-refractivity contribution >= 4 is 17.3 Å². The van der Waals surface area contributed by atoms with Gasteiger partial charge in [0.2, 0.25) is 5.91 Å². The molecule has 1 aliphatic carbocycles. The summed E-state index contributed by atoms with van der Waals surface area (Å²) in [5.41, 5.74) is 0.855. The van der Waals surface area contributed by atoms with Gasteiger partial charge in [-0.25, -0.2) is 4.39 Å². The minimum Gasteiger partial charge on any atom is -0.380 e. The van der Waals surface area contributed by atoms with E-state index in [4.69, 9.17) is 9.47 Å². The van der Waals surface area contributed by atoms with Gasteiger partial charge in [-0.3, -0.25) is 4.79 Å². The van der Waals surface area contributed by atoms with E-state index in [1.54, 1.807) is 12.1 Å². The molecule has 1 aromatic rings. The fraction of sp³-hybridized carbons (Fsp3) is 0.588. The third-order valence-corrected chi connectivity index (χ3v) is 4.08. The van der Waals surface area contributed by atoms with Gasteiger partial charge in [-0.2, -0.15) is 0 Å². The summed E-state index contributed by atoms with van der Waals surface area (Å²) in [6.07, 6.45) is 4.59. The van der Waals surface area contributed by atoms with E-state index in [2.05, 4.69) is 10.6 Å². The first-order valence-corrected chi connectivity index (χ1v) is 8.23. The first-order chi connectivity index (χ1) is 11.2. The minimum absolute atomic E-state index is 0.0111. The summed E-state index contributed by atoms with van der Waals surface area (Å²) in [7, 11) is 0. The summed E-state index contributed by atoms with van der Waals surface area (Å²) in [4.78, 5) is 11.7. The average Bonchev–Trinajstić information content (AvgIpc) is 3.20. The Morgan fingerprint density at radius 3 is 2.91 bits per heavy atom. The van der Waals surface area contributed by atoms with E-state index < -0.39 is 0 Å². The molecule has 0 aromatic heterocycles. The maximum absolute atomic E-state index is 14.1. The fourth-order valence-corrected chi connectivity index (χ4v) is 2.57. The van der Waals surface area contributed by atoms with Gasteiger partial charge in [0.1, 0.15) is 12.4 Å². The van der Waals surface area contributed by atoms with Gasteiger partial charge in [0.15, 0.2) is 0 Å². The number of hydrogen-bond donors (Lipinski definition) is 2. The second kappa shape index (κ2) is 7.75. The smallest absolute Gasteiger partial charge is 0.250 e. The van der Waals surface area contributed by atoms with Gasteiger partial charge in [0.05, 0.1) is 18.4 Å². The monoisotopic (exact) mass is 322 g/mol. The molecular weight excluding hydrogens is 299 g/mol. The molecule has 1 amide bonds. The van der Waals surface area contributed by atoms with Gasteiger partial charge in [0.25, 0.3) is 0 Å². The van der Waals surface area contributed by atoms with Gasteiger partial charge in [-0.15, -0.1) is 0 Å². The van der Waals surface area contributed by atoms with E-state index in [0.717, 1.165) is 19.4 Å². The SMILES string of the molecule is O=C(COCC1CC1)Nc1ccc(NC[C@@H]2CCCO2)c(F)c1. The maximum atomic E-state index is 14.1. The van der Waals surface area contributed by atoms with E-state index in [0.29, 0.717) is 30.4 Å². The van der Waals surface area contributed by atoms with Crippen LogP contribution in [0.4, 0.5) is 15.8 Å². The topological polar surface area (TPSA) is 59.6 Å². The Balaban J connectivity index is 1.44. The van der Waals surface area contributed by atoms with Crippen LogP contribution in [0.3, 0.4) is 0 Å². The van der Waals surface area contributed by atoms with Crippen LogP contribution in [-0.4, -0.2) is 38.4 Å². The third-order valence-electron chi connectivity index (χ3n) is 4.08. The van der Waals surface area contributed by atoms with Crippen LogP contribution in [0.2, 0.25) is 0 Å². The molecule has 1 saturated heterocycles. The number of rotatable bonds is 8. The van der Waals surface area contributed by atoms with Crippen LogP contribution in [0.15, 0.2) is 18.2 Å². The van der Waals surface area contributed by atoms with Gasteiger partial charge in [-0.05, 0) is 49.8 Å². The Kier molecular flexibility index (Phi) is 5.46. The molecule has 1 saturated carbocycles. The molecule has 1 aliphatic heterocycles. The molecule has 3 rings (SSSR count). The molecule has 1 heterocycles. The van der Waals surface area contributed by atoms with Crippen LogP contribution in [0, 0.1) is 11.7 Å². The molecule has 0 spiro atoms. The zero-order valence-electron chi connectivity index (χ0n) is 13.1. The van der Waals surface area contributed by atoms with Gasteiger partial charge >= 0.3 is 0 Å². The molecule has 2 fully saturated rings. The number of carbonyl (C=O) groups is 1. The van der Waals surface area contributed by atoms with Crippen LogP contribution in [0.5, 0.6) is 0 Å². The summed E-state index contributed by atoms with van der Waals surface area (Å²) in [6.45, 7) is 2.02. The largest absolute Gasteiger partial charge is 0.380 e. The highest BCUT2D eigenvalue weighted by atomic mass is 19.1. The van der Waals surface area contributed by atoms with Gasteiger partial charge < -0.3 is 20.1 Å². The quantitative estimate of drug-likeness (QED) is 0.773. The van der Waals surface area contributed by atoms with Crippen molar-refractivity contribution in [1.29, 1.82) is 0 Å². The number of anilines is 2. The molecule has 1 atom stereocenters. The van der Waals surface area contributed by atoms with Crippen LogP contribution in [0.25, 0.3) is 0 Å². The molecule has 5 nitrogen and oxygen atoms in total. The number of halogens is 1. The summed E-state index contributed by atoms with van der Waals surface area (Å²) in [6, 6.07) is 4.63. The first-order valence-electron chi connectivity index (χ1n) is 8.23. The average molecular weight is 322 g/mol. The summed E-state index contributed by atoms with van der Waals surface area (Å²) < 4.78 is 24.9. The minimum atomic E-state index is -0.389. The van der Waals surface area contributed by atoms with Crippen LogP contribution < -0.4 is 10.6 Å². The van der Waals surface area contributed by atoms with Crippen molar-refractivity contribution in [2.24, 2.45) is 5.92 Å². The van der Waals surface area contributed by atoms with Crippen molar-refractivity contribution in [1.82, 2.24) is 0 Å². The summed E-state index contributed by atoms with van der Waals surface area (Å²) in [5.74, 6) is -0.0285. The Labute approximate surface area is 135 Å². The lowest BCUT2D eigenvalue weighted by molar-refractivity contribution is -0.120. The first kappa shape index (κ1) is 16.2. The highest BCUT2D eigenvalue weighted by molar-refractivity contribution is 5.91. The highest BCUT2D eigenvalue weighted by Crippen LogP contribution is 2.28. The lowest BCUT2D eigenvalue weighted by Gasteiger charge is -2.13. The fourth-order valence-electron chi connectivity index (χ4n) is 2.57. The van der Waals surface area contributed by atoms with Crippen molar-refractivity contribution in [3.05, 3.63) is 24.0 Å². The van der Waals surface area contributed by atoms with Crippen LogP contribution in [0.1, 0.15) is 25.7 Å². The van der Waals surface area contributed by atoms with Gasteiger partial charge in [-0.1, -0.05) is 0 Å². The molecule has 0 radical (unpaired) electrons. The molecule has 2 N–H and O–H groups in total. The lowest BCUT2D eigenvalue weighted by atomic mass is 10.2. The standard InChI is InChI=1S/C17H23FN2O3/c18-15-8-13(20-17(21)11-22-10-12-3-4-12)5-6-16(15)19-9-14-2-1-7-23-14/h5-6,8,12,14,19H,1-4,7,9-11H2,(H,20,21)/t14-/m0/s1. The predicted molar refractivity (Wildman–Crippen MR) is 86.0 cm³/mol. The highest BCUT2D eigenvalue weighted by Gasteiger charge is 2.21. The predicted octanol–water partition coefficient (Wildman–Crippen LogP) is 2.78. The van der Waals surface area contributed by atoms with E-state index in [9.17, 15) is 9.18 Å². The third kappa shape index (κ3) is 5.18. The van der Waals surface area contributed by atoms with Crippen molar-refractivity contribution < 1.29 is 18.7 Å². The Morgan fingerprint density at radius 2 is 2.22 bits per heavy atom. The van der Waals surface area contributed by atoms with Gasteiger partial charge in [0, 0.05) is 18.8 Å². The van der Waals surface area contributed by atoms with E-state index in [1.807, 2.05) is 0 Å². The molecule has 0 bridgehead atoms. The molecular formula is C17H23FN2O3. The molecule has 6 heteroatoms.